The summed E-state index contributed by atoms with van der Waals surface area (Å²) >= 11 is 6.49. The molecule has 0 aliphatic carbocycles. The number of hydrogen-bond donors (Lipinski definition) is 3. The standard InChI is InChI=1S/C39H46ClN7O5S/c1-24(2)52-34-21-30(28-14-17-46(18-15-28)23-27-10-12-29(13-11-27)47-19-16-36(48)44-39(47)49)26(5)20-33(34)43-38-41-22-31(40)37(45-38)42-32-8-6-7-9-35(32)53(50,51)25(3)4/h6-13,20-22,24-25,28H,14-19,23H2,1-5H3,(H,44,48,49)(H2,41,42,43,45). The maximum Gasteiger partial charge on any atom is 0.328 e. The Labute approximate surface area is 316 Å². The number of halogens is 1. The van der Waals surface area contributed by atoms with Gasteiger partial charge in [-0.15, -0.1) is 0 Å². The normalized spacial score (nSPS) is 15.9. The zero-order chi connectivity index (χ0) is 37.9. The molecule has 0 spiro atoms. The van der Waals surface area contributed by atoms with Gasteiger partial charge in [0.15, 0.2) is 15.7 Å². The van der Waals surface area contributed by atoms with Gasteiger partial charge in [-0.05, 0) is 120 Å². The highest BCUT2D eigenvalue weighted by Gasteiger charge is 2.27. The number of carbonyl (C=O) groups excluding carboxylic acids is 2. The largest absolute Gasteiger partial charge is 0.489 e. The molecule has 1 aromatic heterocycles. The number of piperidine rings is 1. The fourth-order valence-electron chi connectivity index (χ4n) is 6.68. The average molecular weight is 760 g/mol. The number of aryl methyl sites for hydroxylation is 1. The van der Waals surface area contributed by atoms with Gasteiger partial charge in [-0.1, -0.05) is 35.9 Å². The molecule has 4 aromatic rings. The maximum atomic E-state index is 13.0. The van der Waals surface area contributed by atoms with E-state index in [2.05, 4.69) is 62.0 Å². The van der Waals surface area contributed by atoms with Gasteiger partial charge in [0.2, 0.25) is 11.9 Å². The molecule has 0 bridgehead atoms. The average Bonchev–Trinajstić information content (AvgIpc) is 3.11. The Bertz CT molecular complexity index is 2080. The Hall–Kier alpha value is -4.72. The van der Waals surface area contributed by atoms with E-state index < -0.39 is 15.1 Å². The summed E-state index contributed by atoms with van der Waals surface area (Å²) in [6.07, 6.45) is 3.69. The van der Waals surface area contributed by atoms with Crippen molar-refractivity contribution in [3.05, 3.63) is 88.6 Å². The number of urea groups is 1. The van der Waals surface area contributed by atoms with Crippen LogP contribution in [0.25, 0.3) is 0 Å². The number of benzene rings is 3. The second-order valence-corrected chi connectivity index (χ2v) is 17.0. The van der Waals surface area contributed by atoms with Crippen LogP contribution in [0.4, 0.5) is 33.6 Å². The van der Waals surface area contributed by atoms with Crippen molar-refractivity contribution in [3.8, 4) is 5.75 Å². The SMILES string of the molecule is Cc1cc(Nc2ncc(Cl)c(Nc3ccccc3S(=O)(=O)C(C)C)n2)c(OC(C)C)cc1C1CCN(Cc2ccc(N3CCC(=O)NC3=O)cc2)CC1. The van der Waals surface area contributed by atoms with Gasteiger partial charge in [0.1, 0.15) is 10.8 Å². The van der Waals surface area contributed by atoms with E-state index in [0.29, 0.717) is 36.0 Å². The lowest BCUT2D eigenvalue weighted by Gasteiger charge is -2.33. The molecule has 3 amide bonds. The number of sulfone groups is 1. The summed E-state index contributed by atoms with van der Waals surface area (Å²) in [5.41, 5.74) is 5.42. The van der Waals surface area contributed by atoms with Gasteiger partial charge in [-0.3, -0.25) is 19.9 Å². The number of nitrogens with one attached hydrogen (secondary N) is 3. The zero-order valence-corrected chi connectivity index (χ0v) is 32.2. The Morgan fingerprint density at radius 1 is 0.962 bits per heavy atom. The summed E-state index contributed by atoms with van der Waals surface area (Å²) in [6, 6.07) is 18.5. The molecule has 6 rings (SSSR count). The number of nitrogens with zero attached hydrogens (tertiary/aromatic N) is 4. The molecule has 0 atom stereocenters. The van der Waals surface area contributed by atoms with Crippen LogP contribution in [0.15, 0.2) is 71.8 Å². The molecule has 53 heavy (non-hydrogen) atoms. The third-order valence-corrected chi connectivity index (χ3v) is 12.0. The van der Waals surface area contributed by atoms with Crippen LogP contribution in [0.3, 0.4) is 0 Å². The number of amides is 3. The van der Waals surface area contributed by atoms with Crippen LogP contribution in [-0.2, 0) is 21.2 Å². The molecule has 2 fully saturated rings. The molecule has 3 aromatic carbocycles. The highest BCUT2D eigenvalue weighted by atomic mass is 35.5. The topological polar surface area (TPSA) is 146 Å². The quantitative estimate of drug-likeness (QED) is 0.131. The number of anilines is 5. The molecule has 0 saturated carbocycles. The third kappa shape index (κ3) is 8.91. The summed E-state index contributed by atoms with van der Waals surface area (Å²) in [6.45, 7) is 12.5. The van der Waals surface area contributed by atoms with Gasteiger partial charge in [-0.25, -0.2) is 18.2 Å². The molecule has 12 nitrogen and oxygen atoms in total. The lowest BCUT2D eigenvalue weighted by atomic mass is 9.86. The van der Waals surface area contributed by atoms with E-state index in [0.717, 1.165) is 43.7 Å². The lowest BCUT2D eigenvalue weighted by Crippen LogP contribution is -2.49. The van der Waals surface area contributed by atoms with Crippen LogP contribution in [0, 0.1) is 6.92 Å². The smallest absolute Gasteiger partial charge is 0.328 e. The van der Waals surface area contributed by atoms with Crippen molar-refractivity contribution in [1.82, 2.24) is 20.2 Å². The van der Waals surface area contributed by atoms with Crippen molar-refractivity contribution < 1.29 is 22.7 Å². The summed E-state index contributed by atoms with van der Waals surface area (Å²) < 4.78 is 32.4. The highest BCUT2D eigenvalue weighted by molar-refractivity contribution is 7.92. The van der Waals surface area contributed by atoms with Crippen LogP contribution in [0.2, 0.25) is 5.02 Å². The minimum absolute atomic E-state index is 0.0751. The van der Waals surface area contributed by atoms with Crippen LogP contribution < -0.4 is 25.6 Å². The monoisotopic (exact) mass is 759 g/mol. The molecule has 2 aliphatic heterocycles. The third-order valence-electron chi connectivity index (χ3n) is 9.52. The number of ether oxygens (including phenoxy) is 1. The molecular weight excluding hydrogens is 714 g/mol. The van der Waals surface area contributed by atoms with Crippen molar-refractivity contribution >= 4 is 62.2 Å². The second-order valence-electron chi connectivity index (χ2n) is 14.1. The molecule has 2 aliphatic rings. The van der Waals surface area contributed by atoms with E-state index in [9.17, 15) is 18.0 Å². The fraction of sp³-hybridized carbons (Fsp3) is 0.385. The van der Waals surface area contributed by atoms with E-state index >= 15 is 0 Å². The first kappa shape index (κ1) is 38.0. The van der Waals surface area contributed by atoms with Gasteiger partial charge in [0, 0.05) is 25.2 Å². The summed E-state index contributed by atoms with van der Waals surface area (Å²) in [7, 11) is -3.56. The molecule has 14 heteroatoms. The van der Waals surface area contributed by atoms with E-state index in [1.54, 1.807) is 43.0 Å². The fourth-order valence-corrected chi connectivity index (χ4v) is 8.02. The van der Waals surface area contributed by atoms with Gasteiger partial charge in [0.05, 0.1) is 33.8 Å². The van der Waals surface area contributed by atoms with Crippen molar-refractivity contribution in [3.63, 3.8) is 0 Å². The number of rotatable bonds is 12. The molecule has 0 radical (unpaired) electrons. The minimum Gasteiger partial charge on any atom is -0.489 e. The van der Waals surface area contributed by atoms with E-state index in [1.165, 1.54) is 17.3 Å². The lowest BCUT2D eigenvalue weighted by molar-refractivity contribution is -0.120. The second kappa shape index (κ2) is 16.1. The zero-order valence-electron chi connectivity index (χ0n) is 30.6. The first-order valence-corrected chi connectivity index (χ1v) is 19.8. The number of aromatic nitrogens is 2. The number of hydrogen-bond acceptors (Lipinski definition) is 10. The summed E-state index contributed by atoms with van der Waals surface area (Å²) in [4.78, 5) is 37.0. The van der Waals surface area contributed by atoms with Gasteiger partial charge in [-0.2, -0.15) is 4.98 Å². The minimum atomic E-state index is -3.56. The van der Waals surface area contributed by atoms with Crippen LogP contribution >= 0.6 is 11.6 Å². The number of imide groups is 1. The van der Waals surface area contributed by atoms with Crippen molar-refractivity contribution in [2.24, 2.45) is 0 Å². The molecule has 3 heterocycles. The van der Waals surface area contributed by atoms with Crippen molar-refractivity contribution in [2.45, 2.75) is 82.6 Å². The predicted molar refractivity (Wildman–Crippen MR) is 209 cm³/mol. The van der Waals surface area contributed by atoms with Crippen LogP contribution in [0.1, 0.15) is 69.6 Å². The highest BCUT2D eigenvalue weighted by Crippen LogP contribution is 2.39. The van der Waals surface area contributed by atoms with Gasteiger partial charge in [0.25, 0.3) is 0 Å². The van der Waals surface area contributed by atoms with Crippen LogP contribution in [-0.4, -0.2) is 66.2 Å². The molecule has 2 saturated heterocycles. The molecule has 0 unspecified atom stereocenters. The van der Waals surface area contributed by atoms with Gasteiger partial charge >= 0.3 is 6.03 Å². The van der Waals surface area contributed by atoms with E-state index in [1.807, 2.05) is 26.0 Å². The maximum absolute atomic E-state index is 13.0. The predicted octanol–water partition coefficient (Wildman–Crippen LogP) is 7.72. The van der Waals surface area contributed by atoms with E-state index in [-0.39, 0.29) is 39.7 Å². The Morgan fingerprint density at radius 2 is 1.68 bits per heavy atom. The number of likely N-dealkylation sites (tertiary alicyclic amines) is 1. The Kier molecular flexibility index (Phi) is 11.6. The Balaban J connectivity index is 1.14. The van der Waals surface area contributed by atoms with Crippen LogP contribution in [0.5, 0.6) is 5.75 Å². The van der Waals surface area contributed by atoms with Crippen molar-refractivity contribution in [1.29, 1.82) is 0 Å². The van der Waals surface area contributed by atoms with Crippen molar-refractivity contribution in [2.75, 3.05) is 35.2 Å². The molecule has 3 N–H and O–H groups in total. The molecule has 280 valence electrons. The summed E-state index contributed by atoms with van der Waals surface area (Å²) in [5, 5.41) is 8.45. The van der Waals surface area contributed by atoms with E-state index in [4.69, 9.17) is 16.3 Å². The molecular formula is C39H46ClN7O5S. The number of para-hydroxylation sites is 1. The Morgan fingerprint density at radius 3 is 2.36 bits per heavy atom. The summed E-state index contributed by atoms with van der Waals surface area (Å²) in [5.74, 6) is 1.36. The first-order valence-electron chi connectivity index (χ1n) is 17.9. The first-order chi connectivity index (χ1) is 25.3. The van der Waals surface area contributed by atoms with Gasteiger partial charge < -0.3 is 15.4 Å². The number of carbonyl (C=O) groups is 2.